The van der Waals surface area contributed by atoms with Crippen LogP contribution in [0.15, 0.2) is 110 Å². The van der Waals surface area contributed by atoms with Crippen LogP contribution < -0.4 is 20.1 Å². The zero-order chi connectivity index (χ0) is 42.7. The Morgan fingerprint density at radius 2 is 1.00 bits per heavy atom. The highest BCUT2D eigenvalue weighted by molar-refractivity contribution is 5.63. The summed E-state index contributed by atoms with van der Waals surface area (Å²) in [6, 6.07) is 25.0. The van der Waals surface area contributed by atoms with Crippen molar-refractivity contribution in [3.05, 3.63) is 156 Å². The zero-order valence-electron chi connectivity index (χ0n) is 34.8. The van der Waals surface area contributed by atoms with E-state index in [1.165, 1.54) is 24.3 Å². The van der Waals surface area contributed by atoms with E-state index in [4.69, 9.17) is 19.4 Å². The van der Waals surface area contributed by atoms with Crippen LogP contribution >= 0.6 is 0 Å². The van der Waals surface area contributed by atoms with Gasteiger partial charge in [0.15, 0.2) is 0 Å². The van der Waals surface area contributed by atoms with Gasteiger partial charge in [0.05, 0.1) is 49.6 Å². The van der Waals surface area contributed by atoms with E-state index in [-0.39, 0.29) is 23.5 Å². The molecule has 316 valence electrons. The van der Waals surface area contributed by atoms with Gasteiger partial charge in [0, 0.05) is 60.8 Å². The highest BCUT2D eigenvalue weighted by Gasteiger charge is 2.27. The molecule has 10 rings (SSSR count). The summed E-state index contributed by atoms with van der Waals surface area (Å²) in [5.74, 6) is 4.08. The number of aromatic nitrogens is 10. The number of nitrogens with one attached hydrogen (secondary N) is 2. The van der Waals surface area contributed by atoms with Gasteiger partial charge in [0.25, 0.3) is 0 Å². The maximum absolute atomic E-state index is 13.3. The average Bonchev–Trinajstić information content (AvgIpc) is 4.11. The molecule has 14 nitrogen and oxygen atoms in total. The molecule has 62 heavy (non-hydrogen) atoms. The molecule has 0 spiro atoms. The van der Waals surface area contributed by atoms with Gasteiger partial charge in [-0.05, 0) is 99.2 Å². The molecule has 0 saturated carbocycles. The minimum absolute atomic E-state index is 0.110. The van der Waals surface area contributed by atoms with Crippen molar-refractivity contribution in [3.63, 3.8) is 0 Å². The molecule has 8 aromatic rings. The Morgan fingerprint density at radius 1 is 0.581 bits per heavy atom. The van der Waals surface area contributed by atoms with Gasteiger partial charge >= 0.3 is 0 Å². The third kappa shape index (κ3) is 8.48. The van der Waals surface area contributed by atoms with Gasteiger partial charge in [0.1, 0.15) is 34.8 Å². The smallest absolute Gasteiger partial charge is 0.246 e. The predicted octanol–water partition coefficient (Wildman–Crippen LogP) is 9.18. The molecule has 0 saturated heterocycles. The lowest BCUT2D eigenvalue weighted by Gasteiger charge is -2.22. The summed E-state index contributed by atoms with van der Waals surface area (Å²) in [7, 11) is 3.29. The number of anilines is 4. The SMILES string of the molecule is COc1cc(Nc2nc3n(n2)CCC[C@@H]3c2ccc(F)cc2)ccc1-n1cnc(C)c1.COc1cc(Nc2nc3n(n2)CCC[C@H]3c2ccc(F)cc2)ccc1-n1cnc(C)c1. The number of hydrogen-bond donors (Lipinski definition) is 2. The lowest BCUT2D eigenvalue weighted by molar-refractivity contribution is 0.413. The number of ether oxygens (including phenoxy) is 2. The molecule has 2 N–H and O–H groups in total. The number of methoxy groups -OCH3 is 2. The zero-order valence-corrected chi connectivity index (χ0v) is 34.8. The average molecular weight is 837 g/mol. The lowest BCUT2D eigenvalue weighted by Crippen LogP contribution is -2.17. The van der Waals surface area contributed by atoms with E-state index in [0.717, 1.165) is 107 Å². The van der Waals surface area contributed by atoms with Crippen molar-refractivity contribution in [2.75, 3.05) is 24.9 Å². The van der Waals surface area contributed by atoms with Crippen molar-refractivity contribution in [3.8, 4) is 22.9 Å². The molecule has 0 bridgehead atoms. The molecule has 4 aromatic heterocycles. The molecule has 0 radical (unpaired) electrons. The molecule has 0 unspecified atom stereocenters. The van der Waals surface area contributed by atoms with Gasteiger partial charge in [-0.3, -0.25) is 0 Å². The molecule has 0 aliphatic carbocycles. The molecular formula is C46H46F2N12O2. The van der Waals surface area contributed by atoms with Crippen molar-refractivity contribution >= 4 is 23.3 Å². The third-order valence-electron chi connectivity index (χ3n) is 11.1. The monoisotopic (exact) mass is 836 g/mol. The van der Waals surface area contributed by atoms with Crippen LogP contribution in [0, 0.1) is 25.5 Å². The second kappa shape index (κ2) is 17.3. The fraction of sp³-hybridized carbons (Fsp3) is 0.261. The van der Waals surface area contributed by atoms with E-state index in [0.29, 0.717) is 11.9 Å². The number of halogens is 2. The number of imidazole rings is 2. The van der Waals surface area contributed by atoms with Crippen molar-refractivity contribution in [2.45, 2.75) is 64.5 Å². The second-order valence-electron chi connectivity index (χ2n) is 15.4. The second-order valence-corrected chi connectivity index (χ2v) is 15.4. The Morgan fingerprint density at radius 3 is 1.37 bits per heavy atom. The van der Waals surface area contributed by atoms with E-state index >= 15 is 0 Å². The predicted molar refractivity (Wildman–Crippen MR) is 231 cm³/mol. The molecule has 6 heterocycles. The Bertz CT molecular complexity index is 2620. The molecular weight excluding hydrogens is 791 g/mol. The van der Waals surface area contributed by atoms with E-state index in [1.54, 1.807) is 26.9 Å². The minimum Gasteiger partial charge on any atom is -0.494 e. The first kappa shape index (κ1) is 40.1. The van der Waals surface area contributed by atoms with Crippen LogP contribution in [0.2, 0.25) is 0 Å². The number of benzene rings is 4. The fourth-order valence-electron chi connectivity index (χ4n) is 8.13. The molecule has 2 aliphatic rings. The Balaban J connectivity index is 0.000000158. The van der Waals surface area contributed by atoms with Gasteiger partial charge in [-0.15, -0.1) is 10.2 Å². The van der Waals surface area contributed by atoms with Crippen molar-refractivity contribution < 1.29 is 18.3 Å². The molecule has 2 aliphatic heterocycles. The van der Waals surface area contributed by atoms with Gasteiger partial charge < -0.3 is 29.2 Å². The quantitative estimate of drug-likeness (QED) is 0.137. The van der Waals surface area contributed by atoms with E-state index in [1.807, 2.05) is 105 Å². The molecule has 0 amide bonds. The van der Waals surface area contributed by atoms with Gasteiger partial charge in [-0.1, -0.05) is 24.3 Å². The Labute approximate surface area is 357 Å². The molecule has 2 atom stereocenters. The van der Waals surface area contributed by atoms with Crippen LogP contribution in [-0.4, -0.2) is 62.9 Å². The third-order valence-corrected chi connectivity index (χ3v) is 11.1. The van der Waals surface area contributed by atoms with Gasteiger partial charge in [0.2, 0.25) is 11.9 Å². The largest absolute Gasteiger partial charge is 0.494 e. The molecule has 16 heteroatoms. The van der Waals surface area contributed by atoms with Gasteiger partial charge in [-0.2, -0.15) is 9.97 Å². The first-order valence-electron chi connectivity index (χ1n) is 20.5. The lowest BCUT2D eigenvalue weighted by atomic mass is 9.91. The number of aryl methyl sites for hydroxylation is 4. The highest BCUT2D eigenvalue weighted by atomic mass is 19.1. The minimum atomic E-state index is -0.230. The number of nitrogens with zero attached hydrogens (tertiary/aromatic N) is 10. The van der Waals surface area contributed by atoms with E-state index < -0.39 is 0 Å². The summed E-state index contributed by atoms with van der Waals surface area (Å²) in [5.41, 5.74) is 7.47. The Hall–Kier alpha value is -7.36. The van der Waals surface area contributed by atoms with Crippen LogP contribution in [0.1, 0.15) is 71.7 Å². The maximum Gasteiger partial charge on any atom is 0.246 e. The first-order valence-corrected chi connectivity index (χ1v) is 20.5. The van der Waals surface area contributed by atoms with Crippen LogP contribution in [0.3, 0.4) is 0 Å². The number of rotatable bonds is 10. The van der Waals surface area contributed by atoms with E-state index in [2.05, 4.69) is 30.8 Å². The van der Waals surface area contributed by atoms with Crippen LogP contribution in [0.5, 0.6) is 11.5 Å². The van der Waals surface area contributed by atoms with E-state index in [9.17, 15) is 8.78 Å². The van der Waals surface area contributed by atoms with Gasteiger partial charge in [-0.25, -0.2) is 28.1 Å². The first-order chi connectivity index (χ1) is 30.2. The Kier molecular flexibility index (Phi) is 11.2. The standard InChI is InChI=1S/2C23H23FN6O/c2*1-15-13-29(14-25-15)20-10-9-18(12-21(20)31-2)26-23-27-22-19(4-3-11-30(22)28-23)16-5-7-17(24)8-6-16/h2*5-10,12-14,19H,3-4,11H2,1-2H3,(H,26,28)/t2*19-/m10/s1. The molecule has 4 aromatic carbocycles. The highest BCUT2D eigenvalue weighted by Crippen LogP contribution is 2.36. The van der Waals surface area contributed by atoms with Crippen LogP contribution in [0.25, 0.3) is 11.4 Å². The summed E-state index contributed by atoms with van der Waals surface area (Å²) < 4.78 is 45.6. The topological polar surface area (TPSA) is 140 Å². The number of hydrogen-bond acceptors (Lipinski definition) is 10. The fourth-order valence-corrected chi connectivity index (χ4v) is 8.13. The van der Waals surface area contributed by atoms with Crippen molar-refractivity contribution in [1.29, 1.82) is 0 Å². The summed E-state index contributed by atoms with van der Waals surface area (Å²) in [5, 5.41) is 15.9. The maximum atomic E-state index is 13.3. The summed E-state index contributed by atoms with van der Waals surface area (Å²) in [4.78, 5) is 18.1. The van der Waals surface area contributed by atoms with Crippen molar-refractivity contribution in [1.82, 2.24) is 48.6 Å². The summed E-state index contributed by atoms with van der Waals surface area (Å²) in [6.45, 7) is 5.54. The van der Waals surface area contributed by atoms with Crippen LogP contribution in [0.4, 0.5) is 32.1 Å². The number of fused-ring (bicyclic) bond motifs is 2. The summed E-state index contributed by atoms with van der Waals surface area (Å²) in [6.07, 6.45) is 11.4. The van der Waals surface area contributed by atoms with Crippen LogP contribution in [-0.2, 0) is 13.1 Å². The molecule has 0 fully saturated rings. The van der Waals surface area contributed by atoms with Crippen molar-refractivity contribution in [2.24, 2.45) is 0 Å². The normalized spacial score (nSPS) is 15.5. The summed E-state index contributed by atoms with van der Waals surface area (Å²) >= 11 is 0.